The maximum Gasteiger partial charge on any atom is 0.303 e. The summed E-state index contributed by atoms with van der Waals surface area (Å²) >= 11 is 0. The summed E-state index contributed by atoms with van der Waals surface area (Å²) in [7, 11) is 3.09. The van der Waals surface area contributed by atoms with Crippen molar-refractivity contribution in [2.45, 2.75) is 43.7 Å². The Morgan fingerprint density at radius 3 is 2.31 bits per heavy atom. The van der Waals surface area contributed by atoms with Crippen molar-refractivity contribution in [1.29, 1.82) is 0 Å². The molecule has 0 aromatic heterocycles. The highest BCUT2D eigenvalue weighted by molar-refractivity contribution is 5.68. The van der Waals surface area contributed by atoms with Crippen LogP contribution in [0.5, 0.6) is 17.2 Å². The Bertz CT molecular complexity index is 1270. The van der Waals surface area contributed by atoms with E-state index >= 15 is 0 Å². The molecule has 0 saturated heterocycles. The number of methoxy groups -OCH3 is 2. The van der Waals surface area contributed by atoms with E-state index in [0.717, 1.165) is 5.56 Å². The van der Waals surface area contributed by atoms with Crippen LogP contribution < -0.4 is 14.2 Å². The fraction of sp³-hybridized carbons (Fsp3) is 0.345. The summed E-state index contributed by atoms with van der Waals surface area (Å²) in [5, 5.41) is 22.8. The second kappa shape index (κ2) is 8.84. The summed E-state index contributed by atoms with van der Waals surface area (Å²) in [6.07, 6.45) is -0.947. The number of fused-ring (bicyclic) bond motifs is 3. The Balaban J connectivity index is 1.87. The Morgan fingerprint density at radius 1 is 1.03 bits per heavy atom. The maximum atomic E-state index is 12.9. The van der Waals surface area contributed by atoms with Crippen LogP contribution in [-0.4, -0.2) is 36.5 Å². The van der Waals surface area contributed by atoms with Crippen molar-refractivity contribution in [1.82, 2.24) is 0 Å². The third-order valence-electron chi connectivity index (χ3n) is 7.57. The van der Waals surface area contributed by atoms with Gasteiger partial charge in [0.2, 0.25) is 0 Å². The molecule has 3 aromatic carbocycles. The quantitative estimate of drug-likeness (QED) is 0.504. The van der Waals surface area contributed by atoms with E-state index in [9.17, 15) is 15.0 Å². The predicted octanol–water partition coefficient (Wildman–Crippen LogP) is 4.04. The summed E-state index contributed by atoms with van der Waals surface area (Å²) in [5.41, 5.74) is -0.568. The number of esters is 1. The monoisotopic (exact) mass is 490 g/mol. The van der Waals surface area contributed by atoms with E-state index in [0.29, 0.717) is 33.9 Å². The number of benzene rings is 3. The number of aliphatic hydroxyl groups is 2. The number of rotatable bonds is 6. The lowest BCUT2D eigenvalue weighted by Gasteiger charge is -2.41. The summed E-state index contributed by atoms with van der Waals surface area (Å²) in [6, 6.07) is 20.5. The van der Waals surface area contributed by atoms with Crippen molar-refractivity contribution in [3.05, 3.63) is 89.0 Å². The first-order chi connectivity index (χ1) is 17.3. The Hall–Kier alpha value is -3.55. The number of hydrogen-bond donors (Lipinski definition) is 2. The lowest BCUT2D eigenvalue weighted by Crippen LogP contribution is -2.53. The molecule has 1 fully saturated rings. The first kappa shape index (κ1) is 24.2. The van der Waals surface area contributed by atoms with E-state index in [1.807, 2.05) is 61.5 Å². The molecule has 1 saturated carbocycles. The molecule has 2 aliphatic rings. The van der Waals surface area contributed by atoms with Gasteiger partial charge in [0, 0.05) is 18.8 Å². The van der Waals surface area contributed by atoms with E-state index in [2.05, 4.69) is 0 Å². The number of hydrogen-bond acceptors (Lipinski definition) is 7. The molecule has 188 valence electrons. The van der Waals surface area contributed by atoms with Gasteiger partial charge >= 0.3 is 5.97 Å². The van der Waals surface area contributed by atoms with Crippen LogP contribution in [0.2, 0.25) is 0 Å². The van der Waals surface area contributed by atoms with Crippen molar-refractivity contribution in [3.8, 4) is 17.2 Å². The van der Waals surface area contributed by atoms with Crippen LogP contribution in [0, 0.1) is 5.92 Å². The SMILES string of the molecule is COc1ccc([C@@]23Oc4cc(CO)cc(OC)c4[C@]2(O)[C@H](OC(C)=O)[C@H](C)[C@H]3c2ccccc2)cc1. The third-order valence-corrected chi connectivity index (χ3v) is 7.57. The number of carbonyl (C=O) groups excluding carboxylic acids is 1. The lowest BCUT2D eigenvalue weighted by atomic mass is 9.70. The second-order valence-corrected chi connectivity index (χ2v) is 9.44. The molecule has 0 unspecified atom stereocenters. The number of ether oxygens (including phenoxy) is 4. The highest BCUT2D eigenvalue weighted by Gasteiger charge is 2.77. The van der Waals surface area contributed by atoms with Crippen molar-refractivity contribution in [2.75, 3.05) is 14.2 Å². The molecule has 0 radical (unpaired) electrons. The standard InChI is InChI=1S/C29H30O7/c1-17-25(20-8-6-5-7-9-20)29(21-10-12-22(33-3)13-11-21)28(32,27(17)35-18(2)31)26-23(34-4)14-19(16-30)15-24(26)36-29/h5-15,17,25,27,30,32H,16H2,1-4H3/t17-,25+,27-,28+,29+/m1/s1. The maximum absolute atomic E-state index is 12.9. The van der Waals surface area contributed by atoms with Gasteiger partial charge in [-0.05, 0) is 41.0 Å². The fourth-order valence-corrected chi connectivity index (χ4v) is 6.24. The predicted molar refractivity (Wildman–Crippen MR) is 132 cm³/mol. The zero-order chi connectivity index (χ0) is 25.7. The van der Waals surface area contributed by atoms with E-state index in [4.69, 9.17) is 18.9 Å². The molecule has 3 aromatic rings. The van der Waals surface area contributed by atoms with Crippen LogP contribution >= 0.6 is 0 Å². The lowest BCUT2D eigenvalue weighted by molar-refractivity contribution is -0.182. The summed E-state index contributed by atoms with van der Waals surface area (Å²) in [5.74, 6) is 0.148. The minimum Gasteiger partial charge on any atom is -0.497 e. The molecule has 1 aliphatic heterocycles. The molecule has 36 heavy (non-hydrogen) atoms. The third kappa shape index (κ3) is 3.23. The summed E-state index contributed by atoms with van der Waals surface area (Å²) in [6.45, 7) is 3.07. The average molecular weight is 491 g/mol. The van der Waals surface area contributed by atoms with Gasteiger partial charge in [0.15, 0.2) is 11.2 Å². The van der Waals surface area contributed by atoms with Gasteiger partial charge in [0.1, 0.15) is 23.4 Å². The van der Waals surface area contributed by atoms with Crippen LogP contribution in [0.25, 0.3) is 0 Å². The molecular formula is C29H30O7. The highest BCUT2D eigenvalue weighted by Crippen LogP contribution is 2.70. The van der Waals surface area contributed by atoms with Crippen molar-refractivity contribution in [3.63, 3.8) is 0 Å². The number of aliphatic hydroxyl groups excluding tert-OH is 1. The van der Waals surface area contributed by atoms with Gasteiger partial charge in [-0.15, -0.1) is 0 Å². The van der Waals surface area contributed by atoms with Gasteiger partial charge in [-0.3, -0.25) is 4.79 Å². The second-order valence-electron chi connectivity index (χ2n) is 9.44. The smallest absolute Gasteiger partial charge is 0.303 e. The van der Waals surface area contributed by atoms with Crippen molar-refractivity contribution in [2.24, 2.45) is 5.92 Å². The van der Waals surface area contributed by atoms with Gasteiger partial charge in [-0.1, -0.05) is 49.4 Å². The molecule has 1 aliphatic carbocycles. The van der Waals surface area contributed by atoms with Gasteiger partial charge in [-0.2, -0.15) is 0 Å². The van der Waals surface area contributed by atoms with Crippen LogP contribution in [0.1, 0.15) is 42.0 Å². The fourth-order valence-electron chi connectivity index (χ4n) is 6.24. The Morgan fingerprint density at radius 2 is 1.72 bits per heavy atom. The van der Waals surface area contributed by atoms with Gasteiger partial charge in [0.25, 0.3) is 0 Å². The van der Waals surface area contributed by atoms with E-state index in [1.54, 1.807) is 19.2 Å². The molecule has 0 spiro atoms. The van der Waals surface area contributed by atoms with Gasteiger partial charge < -0.3 is 29.2 Å². The molecule has 2 N–H and O–H groups in total. The minimum absolute atomic E-state index is 0.229. The summed E-state index contributed by atoms with van der Waals surface area (Å²) < 4.78 is 23.8. The zero-order valence-electron chi connectivity index (χ0n) is 20.7. The highest BCUT2D eigenvalue weighted by atomic mass is 16.6. The first-order valence-corrected chi connectivity index (χ1v) is 11.9. The van der Waals surface area contributed by atoms with E-state index in [1.165, 1.54) is 14.0 Å². The van der Waals surface area contributed by atoms with Gasteiger partial charge in [0.05, 0.1) is 26.4 Å². The molecule has 5 rings (SSSR count). The van der Waals surface area contributed by atoms with Crippen LogP contribution in [0.15, 0.2) is 66.7 Å². The van der Waals surface area contributed by atoms with Gasteiger partial charge in [-0.25, -0.2) is 0 Å². The molecule has 0 amide bonds. The molecule has 5 atom stereocenters. The average Bonchev–Trinajstić information content (AvgIpc) is 3.26. The first-order valence-electron chi connectivity index (χ1n) is 11.9. The van der Waals surface area contributed by atoms with Crippen LogP contribution in [-0.2, 0) is 27.3 Å². The van der Waals surface area contributed by atoms with Crippen LogP contribution in [0.4, 0.5) is 0 Å². The molecule has 7 nitrogen and oxygen atoms in total. The summed E-state index contributed by atoms with van der Waals surface area (Å²) in [4.78, 5) is 12.4. The Kier molecular flexibility index (Phi) is 5.93. The normalized spacial score (nSPS) is 28.1. The zero-order valence-corrected chi connectivity index (χ0v) is 20.7. The minimum atomic E-state index is -1.80. The number of carbonyl (C=O) groups is 1. The molecular weight excluding hydrogens is 460 g/mol. The Labute approximate surface area is 210 Å². The van der Waals surface area contributed by atoms with Crippen molar-refractivity contribution < 1.29 is 34.0 Å². The van der Waals surface area contributed by atoms with E-state index < -0.39 is 29.2 Å². The van der Waals surface area contributed by atoms with E-state index in [-0.39, 0.29) is 12.5 Å². The van der Waals surface area contributed by atoms with Crippen molar-refractivity contribution >= 4 is 5.97 Å². The van der Waals surface area contributed by atoms with Crippen LogP contribution in [0.3, 0.4) is 0 Å². The topological polar surface area (TPSA) is 94.5 Å². The molecule has 0 bridgehead atoms. The largest absolute Gasteiger partial charge is 0.497 e. The molecule has 1 heterocycles. The molecule has 7 heteroatoms.